The first-order valence-electron chi connectivity index (χ1n) is 9.11. The van der Waals surface area contributed by atoms with Crippen LogP contribution in [0.3, 0.4) is 0 Å². The highest BCUT2D eigenvalue weighted by atomic mass is 19.4. The monoisotopic (exact) mass is 422 g/mol. The van der Waals surface area contributed by atoms with E-state index in [0.717, 1.165) is 18.2 Å². The van der Waals surface area contributed by atoms with Crippen LogP contribution in [0.4, 0.5) is 23.2 Å². The van der Waals surface area contributed by atoms with Gasteiger partial charge in [-0.25, -0.2) is 9.37 Å². The number of anilines is 1. The van der Waals surface area contributed by atoms with Gasteiger partial charge in [0.1, 0.15) is 11.6 Å². The molecule has 0 aliphatic rings. The standard InChI is InChI=1S/C21H18F4N2O3/c1-2-29-17-8-7-13(21(23,24)25)11-16(17)27-19(28)9-10-20-26-12-18(30-20)14-5-3-4-6-15(14)22/h3-8,11-12H,2,9-10H2,1H3,(H,27,28). The number of aryl methyl sites for hydroxylation is 1. The molecule has 158 valence electrons. The summed E-state index contributed by atoms with van der Waals surface area (Å²) < 4.78 is 63.5. The van der Waals surface area contributed by atoms with Gasteiger partial charge in [-0.3, -0.25) is 4.79 Å². The number of ether oxygens (including phenoxy) is 1. The van der Waals surface area contributed by atoms with E-state index in [1.165, 1.54) is 18.3 Å². The van der Waals surface area contributed by atoms with Gasteiger partial charge in [-0.05, 0) is 37.3 Å². The Bertz CT molecular complexity index is 1030. The minimum Gasteiger partial charge on any atom is -0.492 e. The van der Waals surface area contributed by atoms with Crippen LogP contribution in [0.2, 0.25) is 0 Å². The summed E-state index contributed by atoms with van der Waals surface area (Å²) in [6, 6.07) is 8.90. The van der Waals surface area contributed by atoms with Crippen molar-refractivity contribution in [3.63, 3.8) is 0 Å². The van der Waals surface area contributed by atoms with Crippen LogP contribution in [0, 0.1) is 5.82 Å². The van der Waals surface area contributed by atoms with Gasteiger partial charge in [-0.1, -0.05) is 12.1 Å². The Labute approximate surface area is 169 Å². The average Bonchev–Trinajstić information content (AvgIpc) is 3.16. The van der Waals surface area contributed by atoms with E-state index in [9.17, 15) is 22.4 Å². The summed E-state index contributed by atoms with van der Waals surface area (Å²) in [5, 5.41) is 2.43. The van der Waals surface area contributed by atoms with Crippen molar-refractivity contribution in [2.45, 2.75) is 25.9 Å². The molecule has 0 fully saturated rings. The van der Waals surface area contributed by atoms with Gasteiger partial charge in [0.05, 0.1) is 29.6 Å². The number of carbonyl (C=O) groups is 1. The summed E-state index contributed by atoms with van der Waals surface area (Å²) in [4.78, 5) is 16.3. The second-order valence-corrected chi connectivity index (χ2v) is 6.29. The van der Waals surface area contributed by atoms with E-state index < -0.39 is 23.5 Å². The normalized spacial score (nSPS) is 11.4. The number of nitrogens with zero attached hydrogens (tertiary/aromatic N) is 1. The van der Waals surface area contributed by atoms with Gasteiger partial charge in [0.15, 0.2) is 11.7 Å². The largest absolute Gasteiger partial charge is 0.492 e. The topological polar surface area (TPSA) is 64.4 Å². The molecular formula is C21H18F4N2O3. The van der Waals surface area contributed by atoms with Crippen molar-refractivity contribution in [3.05, 3.63) is 65.9 Å². The Kier molecular flexibility index (Phi) is 6.39. The number of hydrogen-bond donors (Lipinski definition) is 1. The summed E-state index contributed by atoms with van der Waals surface area (Å²) in [5.74, 6) is -0.443. The molecule has 2 aromatic carbocycles. The summed E-state index contributed by atoms with van der Waals surface area (Å²) in [6.07, 6.45) is -3.21. The molecule has 0 aliphatic heterocycles. The van der Waals surface area contributed by atoms with E-state index >= 15 is 0 Å². The van der Waals surface area contributed by atoms with Crippen LogP contribution in [0.5, 0.6) is 5.75 Å². The summed E-state index contributed by atoms with van der Waals surface area (Å²) in [6.45, 7) is 1.91. The quantitative estimate of drug-likeness (QED) is 0.513. The van der Waals surface area contributed by atoms with Crippen molar-refractivity contribution in [2.24, 2.45) is 0 Å². The molecule has 3 rings (SSSR count). The maximum Gasteiger partial charge on any atom is 0.416 e. The molecule has 5 nitrogen and oxygen atoms in total. The Balaban J connectivity index is 1.67. The van der Waals surface area contributed by atoms with E-state index in [1.807, 2.05) is 0 Å². The molecule has 9 heteroatoms. The molecule has 30 heavy (non-hydrogen) atoms. The highest BCUT2D eigenvalue weighted by Crippen LogP contribution is 2.35. The number of rotatable bonds is 7. The van der Waals surface area contributed by atoms with Crippen molar-refractivity contribution in [1.29, 1.82) is 0 Å². The maximum atomic E-state index is 13.8. The number of halogens is 4. The zero-order valence-corrected chi connectivity index (χ0v) is 15.9. The van der Waals surface area contributed by atoms with Crippen LogP contribution in [0.15, 0.2) is 53.1 Å². The van der Waals surface area contributed by atoms with Crippen LogP contribution in [-0.4, -0.2) is 17.5 Å². The van der Waals surface area contributed by atoms with Gasteiger partial charge >= 0.3 is 6.18 Å². The second-order valence-electron chi connectivity index (χ2n) is 6.29. The number of aromatic nitrogens is 1. The van der Waals surface area contributed by atoms with Gasteiger partial charge in [0.25, 0.3) is 0 Å². The Morgan fingerprint density at radius 2 is 1.97 bits per heavy atom. The smallest absolute Gasteiger partial charge is 0.416 e. The number of amides is 1. The van der Waals surface area contributed by atoms with Gasteiger partial charge in [-0.15, -0.1) is 0 Å². The minimum absolute atomic E-state index is 0.0730. The van der Waals surface area contributed by atoms with Crippen LogP contribution in [0.1, 0.15) is 24.8 Å². The molecule has 0 spiro atoms. The molecule has 3 aromatic rings. The third-order valence-electron chi connectivity index (χ3n) is 4.14. The molecule has 1 heterocycles. The lowest BCUT2D eigenvalue weighted by molar-refractivity contribution is -0.137. The van der Waals surface area contributed by atoms with Crippen LogP contribution in [0.25, 0.3) is 11.3 Å². The lowest BCUT2D eigenvalue weighted by atomic mass is 10.1. The molecule has 1 aromatic heterocycles. The zero-order chi connectivity index (χ0) is 21.7. The lowest BCUT2D eigenvalue weighted by Gasteiger charge is -2.14. The lowest BCUT2D eigenvalue weighted by Crippen LogP contribution is -2.15. The minimum atomic E-state index is -4.55. The predicted molar refractivity (Wildman–Crippen MR) is 101 cm³/mol. The van der Waals surface area contributed by atoms with Crippen molar-refractivity contribution < 1.29 is 31.5 Å². The molecular weight excluding hydrogens is 404 g/mol. The fraction of sp³-hybridized carbons (Fsp3) is 0.238. The van der Waals surface area contributed by atoms with Crippen molar-refractivity contribution in [3.8, 4) is 17.1 Å². The molecule has 1 amide bonds. The number of oxazole rings is 1. The maximum absolute atomic E-state index is 13.8. The highest BCUT2D eigenvalue weighted by Gasteiger charge is 2.31. The summed E-state index contributed by atoms with van der Waals surface area (Å²) in [5.41, 5.74) is -0.731. The van der Waals surface area contributed by atoms with Crippen molar-refractivity contribution in [2.75, 3.05) is 11.9 Å². The van der Waals surface area contributed by atoms with E-state index in [4.69, 9.17) is 9.15 Å². The first kappa shape index (κ1) is 21.4. The Morgan fingerprint density at radius 3 is 2.67 bits per heavy atom. The van der Waals surface area contributed by atoms with E-state index in [2.05, 4.69) is 10.3 Å². The summed E-state index contributed by atoms with van der Waals surface area (Å²) in [7, 11) is 0. The molecule has 0 saturated heterocycles. The number of nitrogens with one attached hydrogen (secondary N) is 1. The molecule has 0 radical (unpaired) electrons. The fourth-order valence-electron chi connectivity index (χ4n) is 2.73. The highest BCUT2D eigenvalue weighted by molar-refractivity contribution is 5.92. The molecule has 1 N–H and O–H groups in total. The average molecular weight is 422 g/mol. The molecule has 0 atom stereocenters. The Morgan fingerprint density at radius 1 is 1.20 bits per heavy atom. The number of alkyl halides is 3. The number of benzene rings is 2. The first-order chi connectivity index (χ1) is 14.3. The van der Waals surface area contributed by atoms with Crippen LogP contribution >= 0.6 is 0 Å². The van der Waals surface area contributed by atoms with E-state index in [1.54, 1.807) is 19.1 Å². The predicted octanol–water partition coefficient (Wildman–Crippen LogP) is 5.47. The van der Waals surface area contributed by atoms with Crippen molar-refractivity contribution >= 4 is 11.6 Å². The van der Waals surface area contributed by atoms with E-state index in [-0.39, 0.29) is 48.1 Å². The van der Waals surface area contributed by atoms with Gasteiger partial charge in [0.2, 0.25) is 5.91 Å². The molecule has 0 unspecified atom stereocenters. The molecule has 0 bridgehead atoms. The molecule has 0 aliphatic carbocycles. The second kappa shape index (κ2) is 8.98. The van der Waals surface area contributed by atoms with Crippen LogP contribution in [-0.2, 0) is 17.4 Å². The third kappa shape index (κ3) is 5.16. The van der Waals surface area contributed by atoms with Gasteiger partial charge < -0.3 is 14.5 Å². The van der Waals surface area contributed by atoms with E-state index in [0.29, 0.717) is 0 Å². The number of hydrogen-bond acceptors (Lipinski definition) is 4. The third-order valence-corrected chi connectivity index (χ3v) is 4.14. The first-order valence-corrected chi connectivity index (χ1v) is 9.11. The van der Waals surface area contributed by atoms with Crippen molar-refractivity contribution in [1.82, 2.24) is 4.98 Å². The van der Waals surface area contributed by atoms with Crippen LogP contribution < -0.4 is 10.1 Å². The SMILES string of the molecule is CCOc1ccc(C(F)(F)F)cc1NC(=O)CCc1ncc(-c2ccccc2F)o1. The zero-order valence-electron chi connectivity index (χ0n) is 15.9. The van der Waals surface area contributed by atoms with Gasteiger partial charge in [-0.2, -0.15) is 13.2 Å². The molecule has 0 saturated carbocycles. The summed E-state index contributed by atoms with van der Waals surface area (Å²) >= 11 is 0. The number of carbonyl (C=O) groups excluding carboxylic acids is 1. The Hall–Kier alpha value is -3.36. The van der Waals surface area contributed by atoms with Gasteiger partial charge in [0, 0.05) is 12.8 Å². The fourth-order valence-corrected chi connectivity index (χ4v) is 2.73.